The largest absolute Gasteiger partial charge is 0.378 e. The Morgan fingerprint density at radius 3 is 2.83 bits per heavy atom. The van der Waals surface area contributed by atoms with Gasteiger partial charge in [0, 0.05) is 30.2 Å². The molecule has 0 amide bonds. The lowest BCUT2D eigenvalue weighted by Gasteiger charge is -2.28. The summed E-state index contributed by atoms with van der Waals surface area (Å²) in [5, 5.41) is 2.14. The molecule has 2 heterocycles. The number of aldehydes is 1. The number of benzene rings is 1. The number of hydrogen-bond donors (Lipinski definition) is 0. The number of nitrogens with zero attached hydrogens (tertiary/aromatic N) is 2. The first-order valence-electron chi connectivity index (χ1n) is 6.05. The van der Waals surface area contributed by atoms with Crippen LogP contribution in [-0.4, -0.2) is 37.6 Å². The highest BCUT2D eigenvalue weighted by molar-refractivity contribution is 5.95. The molecule has 0 radical (unpaired) electrons. The number of fused-ring (bicyclic) bond motifs is 1. The summed E-state index contributed by atoms with van der Waals surface area (Å²) in [6, 6.07) is 7.64. The summed E-state index contributed by atoms with van der Waals surface area (Å²) in [5.41, 5.74) is 0.696. The van der Waals surface area contributed by atoms with Crippen LogP contribution < -0.4 is 4.90 Å². The van der Waals surface area contributed by atoms with E-state index >= 15 is 0 Å². The van der Waals surface area contributed by atoms with E-state index in [1.807, 2.05) is 24.3 Å². The van der Waals surface area contributed by atoms with Gasteiger partial charge < -0.3 is 9.64 Å². The smallest absolute Gasteiger partial charge is 0.150 e. The minimum absolute atomic E-state index is 0.696. The van der Waals surface area contributed by atoms with Crippen LogP contribution in [0.25, 0.3) is 10.8 Å². The van der Waals surface area contributed by atoms with Crippen molar-refractivity contribution < 1.29 is 9.53 Å². The number of rotatable bonds is 2. The summed E-state index contributed by atoms with van der Waals surface area (Å²) >= 11 is 0. The van der Waals surface area contributed by atoms with Gasteiger partial charge in [-0.2, -0.15) is 0 Å². The topological polar surface area (TPSA) is 42.4 Å². The van der Waals surface area contributed by atoms with Crippen molar-refractivity contribution in [1.29, 1.82) is 0 Å². The first-order valence-corrected chi connectivity index (χ1v) is 6.05. The molecule has 1 aliphatic rings. The number of anilines is 1. The van der Waals surface area contributed by atoms with Crippen LogP contribution in [0.15, 0.2) is 30.5 Å². The van der Waals surface area contributed by atoms with Crippen molar-refractivity contribution in [2.24, 2.45) is 0 Å². The minimum Gasteiger partial charge on any atom is -0.378 e. The predicted molar refractivity (Wildman–Crippen MR) is 70.2 cm³/mol. The molecule has 1 aromatic heterocycles. The SMILES string of the molecule is O=Cc1ccc2c(N3CCOCC3)nccc2c1. The Balaban J connectivity index is 2.08. The normalized spacial score (nSPS) is 15.9. The first kappa shape index (κ1) is 11.2. The quantitative estimate of drug-likeness (QED) is 0.754. The lowest BCUT2D eigenvalue weighted by Crippen LogP contribution is -2.36. The Bertz CT molecular complexity index is 577. The summed E-state index contributed by atoms with van der Waals surface area (Å²) in [6.07, 6.45) is 2.66. The molecular weight excluding hydrogens is 228 g/mol. The zero-order valence-corrected chi connectivity index (χ0v) is 10.0. The summed E-state index contributed by atoms with van der Waals surface area (Å²) in [5.74, 6) is 0.980. The lowest BCUT2D eigenvalue weighted by atomic mass is 10.1. The number of pyridine rings is 1. The molecule has 0 atom stereocenters. The molecule has 1 aliphatic heterocycles. The number of carbonyl (C=O) groups is 1. The number of morpholine rings is 1. The van der Waals surface area contributed by atoms with E-state index in [0.717, 1.165) is 49.2 Å². The Kier molecular flexibility index (Phi) is 2.94. The van der Waals surface area contributed by atoms with Crippen LogP contribution in [0.1, 0.15) is 10.4 Å². The van der Waals surface area contributed by atoms with Crippen molar-refractivity contribution in [3.05, 3.63) is 36.0 Å². The van der Waals surface area contributed by atoms with Gasteiger partial charge in [-0.25, -0.2) is 4.98 Å². The van der Waals surface area contributed by atoms with Gasteiger partial charge in [-0.15, -0.1) is 0 Å². The van der Waals surface area contributed by atoms with E-state index in [4.69, 9.17) is 4.74 Å². The maximum atomic E-state index is 10.8. The van der Waals surface area contributed by atoms with E-state index in [9.17, 15) is 4.79 Å². The summed E-state index contributed by atoms with van der Waals surface area (Å²) in [6.45, 7) is 3.21. The van der Waals surface area contributed by atoms with E-state index in [2.05, 4.69) is 9.88 Å². The molecule has 1 fully saturated rings. The maximum Gasteiger partial charge on any atom is 0.150 e. The van der Waals surface area contributed by atoms with Gasteiger partial charge in [0.25, 0.3) is 0 Å². The highest BCUT2D eigenvalue weighted by atomic mass is 16.5. The zero-order chi connectivity index (χ0) is 12.4. The molecule has 4 nitrogen and oxygen atoms in total. The Labute approximate surface area is 105 Å². The van der Waals surface area contributed by atoms with Gasteiger partial charge in [0.15, 0.2) is 0 Å². The molecule has 0 bridgehead atoms. The van der Waals surface area contributed by atoms with E-state index < -0.39 is 0 Å². The fraction of sp³-hybridized carbons (Fsp3) is 0.286. The number of carbonyl (C=O) groups excluding carboxylic acids is 1. The number of aromatic nitrogens is 1. The minimum atomic E-state index is 0.696. The lowest BCUT2D eigenvalue weighted by molar-refractivity contribution is 0.112. The second kappa shape index (κ2) is 4.74. The van der Waals surface area contributed by atoms with Crippen molar-refractivity contribution in [1.82, 2.24) is 4.98 Å². The molecule has 1 saturated heterocycles. The average Bonchev–Trinajstić information content (AvgIpc) is 2.47. The Hall–Kier alpha value is -1.94. The Morgan fingerprint density at radius 2 is 2.06 bits per heavy atom. The number of ether oxygens (including phenoxy) is 1. The predicted octanol–water partition coefficient (Wildman–Crippen LogP) is 1.88. The summed E-state index contributed by atoms with van der Waals surface area (Å²) < 4.78 is 5.35. The van der Waals surface area contributed by atoms with Gasteiger partial charge in [-0.1, -0.05) is 6.07 Å². The van der Waals surface area contributed by atoms with E-state index in [1.165, 1.54) is 0 Å². The van der Waals surface area contributed by atoms with Crippen molar-refractivity contribution in [3.63, 3.8) is 0 Å². The van der Waals surface area contributed by atoms with Gasteiger partial charge in [0.1, 0.15) is 12.1 Å². The van der Waals surface area contributed by atoms with Crippen molar-refractivity contribution in [2.45, 2.75) is 0 Å². The van der Waals surface area contributed by atoms with Crippen LogP contribution in [0, 0.1) is 0 Å². The molecule has 1 aromatic carbocycles. The molecule has 0 saturated carbocycles. The van der Waals surface area contributed by atoms with Crippen molar-refractivity contribution in [2.75, 3.05) is 31.2 Å². The van der Waals surface area contributed by atoms with Gasteiger partial charge >= 0.3 is 0 Å². The monoisotopic (exact) mass is 242 g/mol. The molecule has 4 heteroatoms. The van der Waals surface area contributed by atoms with Crippen LogP contribution >= 0.6 is 0 Å². The standard InChI is InChI=1S/C14H14N2O2/c17-10-11-1-2-13-12(9-11)3-4-15-14(13)16-5-7-18-8-6-16/h1-4,9-10H,5-8H2. The van der Waals surface area contributed by atoms with Crippen LogP contribution in [0.5, 0.6) is 0 Å². The maximum absolute atomic E-state index is 10.8. The van der Waals surface area contributed by atoms with Crippen LogP contribution in [0.3, 0.4) is 0 Å². The summed E-state index contributed by atoms with van der Waals surface area (Å²) in [7, 11) is 0. The van der Waals surface area contributed by atoms with Crippen molar-refractivity contribution in [3.8, 4) is 0 Å². The highest BCUT2D eigenvalue weighted by Gasteiger charge is 2.14. The summed E-state index contributed by atoms with van der Waals surface area (Å²) in [4.78, 5) is 17.5. The Morgan fingerprint density at radius 1 is 1.22 bits per heavy atom. The van der Waals surface area contributed by atoms with Gasteiger partial charge in [0.2, 0.25) is 0 Å². The molecule has 2 aromatic rings. The fourth-order valence-electron chi connectivity index (χ4n) is 2.28. The third kappa shape index (κ3) is 1.95. The first-order chi connectivity index (χ1) is 8.88. The molecular formula is C14H14N2O2. The van der Waals surface area contributed by atoms with E-state index in [1.54, 1.807) is 6.20 Å². The van der Waals surface area contributed by atoms with Crippen LogP contribution in [0.4, 0.5) is 5.82 Å². The second-order valence-corrected chi connectivity index (χ2v) is 4.33. The molecule has 3 rings (SSSR count). The molecule has 0 unspecified atom stereocenters. The number of hydrogen-bond acceptors (Lipinski definition) is 4. The van der Waals surface area contributed by atoms with Crippen LogP contribution in [-0.2, 0) is 4.74 Å². The molecule has 18 heavy (non-hydrogen) atoms. The molecule has 0 spiro atoms. The van der Waals surface area contributed by atoms with Crippen LogP contribution in [0.2, 0.25) is 0 Å². The fourth-order valence-corrected chi connectivity index (χ4v) is 2.28. The molecule has 0 aliphatic carbocycles. The van der Waals surface area contributed by atoms with Gasteiger partial charge in [-0.05, 0) is 23.6 Å². The van der Waals surface area contributed by atoms with Gasteiger partial charge in [-0.3, -0.25) is 4.79 Å². The van der Waals surface area contributed by atoms with E-state index in [0.29, 0.717) is 5.56 Å². The average molecular weight is 242 g/mol. The van der Waals surface area contributed by atoms with Gasteiger partial charge in [0.05, 0.1) is 13.2 Å². The molecule has 92 valence electrons. The molecule has 0 N–H and O–H groups in total. The third-order valence-corrected chi connectivity index (χ3v) is 3.21. The second-order valence-electron chi connectivity index (χ2n) is 4.33. The third-order valence-electron chi connectivity index (χ3n) is 3.21. The van der Waals surface area contributed by atoms with E-state index in [-0.39, 0.29) is 0 Å². The zero-order valence-electron chi connectivity index (χ0n) is 10.0. The van der Waals surface area contributed by atoms with Crippen molar-refractivity contribution >= 4 is 22.9 Å². The highest BCUT2D eigenvalue weighted by Crippen LogP contribution is 2.25.